The van der Waals surface area contributed by atoms with Crippen LogP contribution in [-0.2, 0) is 6.54 Å². The van der Waals surface area contributed by atoms with Crippen molar-refractivity contribution in [1.29, 1.82) is 0 Å². The minimum absolute atomic E-state index is 0.114. The topological polar surface area (TPSA) is 12.0 Å². The molecule has 2 aromatic rings. The summed E-state index contributed by atoms with van der Waals surface area (Å²) >= 11 is 1.80. The van der Waals surface area contributed by atoms with Crippen molar-refractivity contribution >= 4 is 11.3 Å². The van der Waals surface area contributed by atoms with Crippen LogP contribution in [0.25, 0.3) is 0 Å². The summed E-state index contributed by atoms with van der Waals surface area (Å²) < 4.78 is 13.7. The zero-order valence-electron chi connectivity index (χ0n) is 11.5. The van der Waals surface area contributed by atoms with Gasteiger partial charge in [0, 0.05) is 23.0 Å². The average molecular weight is 289 g/mol. The van der Waals surface area contributed by atoms with Crippen LogP contribution in [0.4, 0.5) is 4.39 Å². The zero-order chi connectivity index (χ0) is 13.8. The van der Waals surface area contributed by atoms with Gasteiger partial charge in [-0.05, 0) is 36.3 Å². The second-order valence-corrected chi connectivity index (χ2v) is 6.49. The Kier molecular flexibility index (Phi) is 4.48. The molecule has 1 N–H and O–H groups in total. The fourth-order valence-corrected chi connectivity index (χ4v) is 4.01. The van der Waals surface area contributed by atoms with Gasteiger partial charge < -0.3 is 5.32 Å². The van der Waals surface area contributed by atoms with E-state index in [4.69, 9.17) is 0 Å². The number of nitrogens with one attached hydrogen (secondary N) is 1. The molecule has 1 aromatic heterocycles. The lowest BCUT2D eigenvalue weighted by Gasteiger charge is -2.24. The molecule has 0 aliphatic heterocycles. The molecule has 0 amide bonds. The number of halogens is 1. The lowest BCUT2D eigenvalue weighted by Crippen LogP contribution is -2.26. The van der Waals surface area contributed by atoms with Gasteiger partial charge in [-0.3, -0.25) is 0 Å². The first-order valence-electron chi connectivity index (χ1n) is 7.35. The molecule has 1 nitrogen and oxygen atoms in total. The Hall–Kier alpha value is -1.19. The summed E-state index contributed by atoms with van der Waals surface area (Å²) in [6.45, 7) is 0.603. The van der Waals surface area contributed by atoms with Crippen LogP contribution in [0.2, 0.25) is 0 Å². The molecule has 1 unspecified atom stereocenters. The Balaban J connectivity index is 1.72. The molecule has 3 heteroatoms. The van der Waals surface area contributed by atoms with Crippen molar-refractivity contribution in [1.82, 2.24) is 5.32 Å². The molecule has 1 heterocycles. The van der Waals surface area contributed by atoms with E-state index in [1.807, 2.05) is 12.1 Å². The highest BCUT2D eigenvalue weighted by Crippen LogP contribution is 2.37. The molecule has 0 radical (unpaired) electrons. The van der Waals surface area contributed by atoms with Crippen molar-refractivity contribution in [3.63, 3.8) is 0 Å². The lowest BCUT2D eigenvalue weighted by molar-refractivity contribution is 0.368. The normalized spacial score (nSPS) is 17.4. The summed E-state index contributed by atoms with van der Waals surface area (Å²) in [5.74, 6) is 0.580. The van der Waals surface area contributed by atoms with E-state index < -0.39 is 0 Å². The maximum Gasteiger partial charge on any atom is 0.127 e. The van der Waals surface area contributed by atoms with E-state index in [9.17, 15) is 4.39 Å². The molecular weight excluding hydrogens is 269 g/mol. The molecule has 0 spiro atoms. The van der Waals surface area contributed by atoms with E-state index in [0.717, 1.165) is 5.56 Å². The SMILES string of the molecule is Fc1ccccc1CNC(c1cccs1)C1CCCC1. The van der Waals surface area contributed by atoms with Crippen LogP contribution in [0.5, 0.6) is 0 Å². The molecule has 106 valence electrons. The van der Waals surface area contributed by atoms with Gasteiger partial charge in [-0.25, -0.2) is 4.39 Å². The minimum Gasteiger partial charge on any atom is -0.305 e. The molecule has 20 heavy (non-hydrogen) atoms. The van der Waals surface area contributed by atoms with Gasteiger partial charge in [0.05, 0.1) is 0 Å². The Labute approximate surface area is 123 Å². The fourth-order valence-electron chi connectivity index (χ4n) is 3.12. The zero-order valence-corrected chi connectivity index (χ0v) is 12.3. The Morgan fingerprint density at radius 3 is 2.65 bits per heavy atom. The van der Waals surface area contributed by atoms with Gasteiger partial charge >= 0.3 is 0 Å². The second kappa shape index (κ2) is 6.51. The van der Waals surface area contributed by atoms with Crippen molar-refractivity contribution in [2.45, 2.75) is 38.3 Å². The summed E-state index contributed by atoms with van der Waals surface area (Å²) in [4.78, 5) is 1.38. The van der Waals surface area contributed by atoms with Crippen molar-refractivity contribution in [2.75, 3.05) is 0 Å². The second-order valence-electron chi connectivity index (χ2n) is 5.51. The van der Waals surface area contributed by atoms with E-state index >= 15 is 0 Å². The van der Waals surface area contributed by atoms with Gasteiger partial charge in [0.25, 0.3) is 0 Å². The monoisotopic (exact) mass is 289 g/mol. The van der Waals surface area contributed by atoms with Crippen molar-refractivity contribution in [2.24, 2.45) is 5.92 Å². The summed E-state index contributed by atoms with van der Waals surface area (Å²) in [5.41, 5.74) is 0.757. The van der Waals surface area contributed by atoms with E-state index in [0.29, 0.717) is 18.5 Å². The Morgan fingerprint density at radius 2 is 1.95 bits per heavy atom. The predicted molar refractivity (Wildman–Crippen MR) is 82.3 cm³/mol. The summed E-state index contributed by atoms with van der Waals surface area (Å²) in [7, 11) is 0. The summed E-state index contributed by atoms with van der Waals surface area (Å²) in [6.07, 6.45) is 5.22. The fraction of sp³-hybridized carbons (Fsp3) is 0.412. The molecule has 0 saturated heterocycles. The van der Waals surface area contributed by atoms with Crippen LogP contribution in [0.15, 0.2) is 41.8 Å². The molecular formula is C17H20FNS. The van der Waals surface area contributed by atoms with Crippen LogP contribution < -0.4 is 5.32 Å². The Morgan fingerprint density at radius 1 is 1.15 bits per heavy atom. The number of hydrogen-bond donors (Lipinski definition) is 1. The first-order chi connectivity index (χ1) is 9.84. The van der Waals surface area contributed by atoms with Crippen molar-refractivity contribution < 1.29 is 4.39 Å². The van der Waals surface area contributed by atoms with Crippen LogP contribution in [0.1, 0.15) is 42.2 Å². The average Bonchev–Trinajstić information content (AvgIpc) is 3.14. The molecule has 1 aromatic carbocycles. The standard InChI is InChI=1S/C17H20FNS/c18-15-9-4-3-8-14(15)12-19-17(13-6-1-2-7-13)16-10-5-11-20-16/h3-5,8-11,13,17,19H,1-2,6-7,12H2. The van der Waals surface area contributed by atoms with E-state index in [-0.39, 0.29) is 5.82 Å². The molecule has 3 rings (SSSR count). The number of rotatable bonds is 5. The quantitative estimate of drug-likeness (QED) is 0.824. The van der Waals surface area contributed by atoms with Gasteiger partial charge in [0.15, 0.2) is 0 Å². The lowest BCUT2D eigenvalue weighted by atomic mass is 9.96. The van der Waals surface area contributed by atoms with E-state index in [1.54, 1.807) is 17.4 Å². The van der Waals surface area contributed by atoms with Gasteiger partial charge in [-0.2, -0.15) is 0 Å². The van der Waals surface area contributed by atoms with Crippen LogP contribution in [-0.4, -0.2) is 0 Å². The van der Waals surface area contributed by atoms with Crippen molar-refractivity contribution in [3.8, 4) is 0 Å². The molecule has 0 bridgehead atoms. The predicted octanol–water partition coefficient (Wildman–Crippen LogP) is 4.91. The van der Waals surface area contributed by atoms with Gasteiger partial charge in [0.1, 0.15) is 5.82 Å². The molecule has 1 aliphatic rings. The summed E-state index contributed by atoms with van der Waals surface area (Å²) in [5, 5.41) is 5.72. The minimum atomic E-state index is -0.114. The number of thiophene rings is 1. The number of hydrogen-bond acceptors (Lipinski definition) is 2. The van der Waals surface area contributed by atoms with E-state index in [2.05, 4.69) is 22.8 Å². The Bertz CT molecular complexity index is 532. The third kappa shape index (κ3) is 3.10. The van der Waals surface area contributed by atoms with Crippen molar-refractivity contribution in [3.05, 3.63) is 58.0 Å². The third-order valence-corrected chi connectivity index (χ3v) is 5.15. The van der Waals surface area contributed by atoms with Crippen LogP contribution in [0.3, 0.4) is 0 Å². The maximum atomic E-state index is 13.7. The first kappa shape index (κ1) is 13.8. The molecule has 1 aliphatic carbocycles. The molecule has 1 atom stereocenters. The van der Waals surface area contributed by atoms with Crippen LogP contribution in [0, 0.1) is 11.7 Å². The highest BCUT2D eigenvalue weighted by molar-refractivity contribution is 7.10. The third-order valence-electron chi connectivity index (χ3n) is 4.19. The molecule has 1 fully saturated rings. The van der Waals surface area contributed by atoms with Gasteiger partial charge in [-0.1, -0.05) is 37.1 Å². The summed E-state index contributed by atoms with van der Waals surface area (Å²) in [6, 6.07) is 11.7. The van der Waals surface area contributed by atoms with Crippen LogP contribution >= 0.6 is 11.3 Å². The first-order valence-corrected chi connectivity index (χ1v) is 8.23. The van der Waals surface area contributed by atoms with Gasteiger partial charge in [-0.15, -0.1) is 11.3 Å². The highest BCUT2D eigenvalue weighted by atomic mass is 32.1. The smallest absolute Gasteiger partial charge is 0.127 e. The molecule has 1 saturated carbocycles. The van der Waals surface area contributed by atoms with Gasteiger partial charge in [0.2, 0.25) is 0 Å². The van der Waals surface area contributed by atoms with E-state index in [1.165, 1.54) is 36.6 Å². The highest BCUT2D eigenvalue weighted by Gasteiger charge is 2.26. The largest absolute Gasteiger partial charge is 0.305 e. The maximum absolute atomic E-state index is 13.7. The number of benzene rings is 1.